The van der Waals surface area contributed by atoms with Gasteiger partial charge in [-0.1, -0.05) is 36.4 Å². The Morgan fingerprint density at radius 3 is 2.40 bits per heavy atom. The summed E-state index contributed by atoms with van der Waals surface area (Å²) >= 11 is 0. The predicted molar refractivity (Wildman–Crippen MR) is 95.7 cm³/mol. The van der Waals surface area contributed by atoms with Crippen molar-refractivity contribution < 1.29 is 9.53 Å². The Balaban J connectivity index is 1.64. The molecule has 2 aromatic carbocycles. The van der Waals surface area contributed by atoms with E-state index in [1.54, 1.807) is 36.4 Å². The van der Waals surface area contributed by atoms with Gasteiger partial charge in [-0.05, 0) is 42.0 Å². The van der Waals surface area contributed by atoms with E-state index in [9.17, 15) is 9.59 Å². The zero-order chi connectivity index (χ0) is 17.5. The van der Waals surface area contributed by atoms with Gasteiger partial charge in [0.1, 0.15) is 18.0 Å². The highest BCUT2D eigenvalue weighted by molar-refractivity contribution is 6.04. The van der Waals surface area contributed by atoms with Gasteiger partial charge in [-0.25, -0.2) is 4.98 Å². The predicted octanol–water partition coefficient (Wildman–Crippen LogP) is 3.27. The highest BCUT2D eigenvalue weighted by Crippen LogP contribution is 2.15. The maximum Gasteiger partial charge on any atom is 0.293 e. The maximum absolute atomic E-state index is 12.2. The van der Waals surface area contributed by atoms with E-state index in [2.05, 4.69) is 10.3 Å². The van der Waals surface area contributed by atoms with E-state index in [1.165, 1.54) is 12.3 Å². The second-order valence-electron chi connectivity index (χ2n) is 5.30. The van der Waals surface area contributed by atoms with Crippen LogP contribution in [0.15, 0.2) is 83.8 Å². The van der Waals surface area contributed by atoms with Crippen LogP contribution in [0.4, 0.5) is 5.69 Å². The van der Waals surface area contributed by atoms with E-state index >= 15 is 0 Å². The van der Waals surface area contributed by atoms with Crippen LogP contribution in [0.5, 0.6) is 5.75 Å². The van der Waals surface area contributed by atoms with Crippen molar-refractivity contribution in [3.8, 4) is 5.75 Å². The number of amides is 1. The molecule has 124 valence electrons. The minimum absolute atomic E-state index is 0.138. The zero-order valence-corrected chi connectivity index (χ0v) is 13.4. The molecule has 0 saturated carbocycles. The lowest BCUT2D eigenvalue weighted by Crippen LogP contribution is -2.18. The minimum atomic E-state index is -0.485. The number of rotatable bonds is 5. The number of hydrogen-bond donors (Lipinski definition) is 1. The number of anilines is 1. The number of carbonyl (C=O) groups excluding carboxylic acids is 1. The molecule has 0 aliphatic heterocycles. The molecule has 5 nitrogen and oxygen atoms in total. The third-order valence-corrected chi connectivity index (χ3v) is 3.50. The molecule has 0 aliphatic rings. The van der Waals surface area contributed by atoms with Gasteiger partial charge in [0.15, 0.2) is 0 Å². The van der Waals surface area contributed by atoms with Crippen molar-refractivity contribution >= 4 is 11.6 Å². The number of hydrogen-bond acceptors (Lipinski definition) is 4. The Hall–Kier alpha value is -3.47. The Morgan fingerprint density at radius 2 is 1.64 bits per heavy atom. The summed E-state index contributed by atoms with van der Waals surface area (Å²) in [5, 5.41) is 2.57. The first-order valence-corrected chi connectivity index (χ1v) is 7.76. The van der Waals surface area contributed by atoms with Gasteiger partial charge in [-0.2, -0.15) is 0 Å². The Kier molecular flexibility index (Phi) is 5.16. The first kappa shape index (κ1) is 16.4. The fraction of sp³-hybridized carbons (Fsp3) is 0.0500. The van der Waals surface area contributed by atoms with Crippen molar-refractivity contribution in [1.29, 1.82) is 0 Å². The van der Waals surface area contributed by atoms with Gasteiger partial charge in [0.25, 0.3) is 11.5 Å². The molecule has 1 heterocycles. The van der Waals surface area contributed by atoms with Crippen molar-refractivity contribution in [2.45, 2.75) is 6.61 Å². The van der Waals surface area contributed by atoms with E-state index in [0.717, 1.165) is 5.56 Å². The minimum Gasteiger partial charge on any atom is -0.489 e. The lowest BCUT2D eigenvalue weighted by molar-refractivity contribution is 0.102. The van der Waals surface area contributed by atoms with Gasteiger partial charge in [-0.15, -0.1) is 0 Å². The van der Waals surface area contributed by atoms with E-state index in [-0.39, 0.29) is 11.6 Å². The number of ether oxygens (including phenoxy) is 1. The van der Waals surface area contributed by atoms with E-state index in [1.807, 2.05) is 30.3 Å². The molecule has 0 aliphatic carbocycles. The number of benzene rings is 2. The second-order valence-corrected chi connectivity index (χ2v) is 5.30. The number of carbonyl (C=O) groups is 1. The van der Waals surface area contributed by atoms with E-state index < -0.39 is 5.56 Å². The smallest absolute Gasteiger partial charge is 0.293 e. The van der Waals surface area contributed by atoms with Crippen LogP contribution in [0.25, 0.3) is 0 Å². The molecule has 3 rings (SSSR count). The zero-order valence-electron chi connectivity index (χ0n) is 13.4. The van der Waals surface area contributed by atoms with Gasteiger partial charge < -0.3 is 10.1 Å². The van der Waals surface area contributed by atoms with E-state index in [0.29, 0.717) is 17.9 Å². The molecule has 0 fully saturated rings. The Labute approximate surface area is 144 Å². The summed E-state index contributed by atoms with van der Waals surface area (Å²) in [6.07, 6.45) is 1.39. The molecule has 0 atom stereocenters. The maximum atomic E-state index is 12.2. The van der Waals surface area contributed by atoms with Crippen LogP contribution in [0.2, 0.25) is 0 Å². The van der Waals surface area contributed by atoms with Crippen LogP contribution < -0.4 is 15.6 Å². The van der Waals surface area contributed by atoms with Crippen LogP contribution in [-0.2, 0) is 6.61 Å². The summed E-state index contributed by atoms with van der Waals surface area (Å²) < 4.78 is 5.68. The normalized spacial score (nSPS) is 10.1. The molecule has 3 aromatic rings. The lowest BCUT2D eigenvalue weighted by Gasteiger charge is -2.07. The van der Waals surface area contributed by atoms with Gasteiger partial charge in [-0.3, -0.25) is 9.59 Å². The fourth-order valence-corrected chi connectivity index (χ4v) is 2.19. The molecule has 0 spiro atoms. The molecule has 0 bridgehead atoms. The molecule has 0 radical (unpaired) electrons. The highest BCUT2D eigenvalue weighted by atomic mass is 16.5. The summed E-state index contributed by atoms with van der Waals surface area (Å²) in [5.41, 5.74) is 1.15. The summed E-state index contributed by atoms with van der Waals surface area (Å²) in [4.78, 5) is 27.6. The van der Waals surface area contributed by atoms with Gasteiger partial charge in [0.2, 0.25) is 0 Å². The third kappa shape index (κ3) is 4.51. The van der Waals surface area contributed by atoms with Gasteiger partial charge in [0.05, 0.1) is 0 Å². The topological polar surface area (TPSA) is 68.3 Å². The molecule has 1 amide bonds. The second kappa shape index (κ2) is 7.88. The number of aromatic nitrogens is 1. The molecule has 5 heteroatoms. The Bertz CT molecular complexity index is 910. The standard InChI is InChI=1S/C20H16N2O3/c23-19(22-18-8-4-5-13-21-20(18)24)16-9-11-17(12-10-16)25-14-15-6-2-1-3-7-15/h1-13H,14H2,(H,21,22,23,24). The molecule has 0 unspecified atom stereocenters. The lowest BCUT2D eigenvalue weighted by atomic mass is 10.2. The Morgan fingerprint density at radius 1 is 0.920 bits per heavy atom. The van der Waals surface area contributed by atoms with Crippen LogP contribution >= 0.6 is 0 Å². The first-order chi connectivity index (χ1) is 12.2. The van der Waals surface area contributed by atoms with Crippen LogP contribution in [0.3, 0.4) is 0 Å². The van der Waals surface area contributed by atoms with Crippen LogP contribution in [-0.4, -0.2) is 10.9 Å². The fourth-order valence-electron chi connectivity index (χ4n) is 2.19. The molecular formula is C20H16N2O3. The van der Waals surface area contributed by atoms with Crippen molar-refractivity contribution in [3.63, 3.8) is 0 Å². The molecule has 25 heavy (non-hydrogen) atoms. The summed E-state index contributed by atoms with van der Waals surface area (Å²) in [5.74, 6) is 0.289. The SMILES string of the molecule is O=C(Nc1ccccnc1=O)c1ccc(OCc2ccccc2)cc1. The van der Waals surface area contributed by atoms with E-state index in [4.69, 9.17) is 4.74 Å². The molecule has 0 saturated heterocycles. The number of nitrogens with one attached hydrogen (secondary N) is 1. The highest BCUT2D eigenvalue weighted by Gasteiger charge is 2.08. The van der Waals surface area contributed by atoms with Gasteiger partial charge in [0, 0.05) is 11.8 Å². The van der Waals surface area contributed by atoms with Gasteiger partial charge >= 0.3 is 0 Å². The van der Waals surface area contributed by atoms with Crippen molar-refractivity contribution in [2.75, 3.05) is 5.32 Å². The van der Waals surface area contributed by atoms with Crippen molar-refractivity contribution in [1.82, 2.24) is 4.98 Å². The third-order valence-electron chi connectivity index (χ3n) is 3.50. The average molecular weight is 332 g/mol. The van der Waals surface area contributed by atoms with Crippen molar-refractivity contribution in [2.24, 2.45) is 0 Å². The molecule has 1 aromatic heterocycles. The summed E-state index contributed by atoms with van der Waals surface area (Å²) in [6, 6.07) is 21.3. The van der Waals surface area contributed by atoms with Crippen molar-refractivity contribution in [3.05, 3.63) is 100 Å². The first-order valence-electron chi connectivity index (χ1n) is 7.76. The average Bonchev–Trinajstić information content (AvgIpc) is 2.86. The quantitative estimate of drug-likeness (QED) is 0.778. The molecule has 1 N–H and O–H groups in total. The molecular weight excluding hydrogens is 316 g/mol. The van der Waals surface area contributed by atoms with Crippen LogP contribution in [0, 0.1) is 0 Å². The number of nitrogens with zero attached hydrogens (tertiary/aromatic N) is 1. The van der Waals surface area contributed by atoms with Crippen LogP contribution in [0.1, 0.15) is 15.9 Å². The monoisotopic (exact) mass is 332 g/mol. The summed E-state index contributed by atoms with van der Waals surface area (Å²) in [6.45, 7) is 0.456. The largest absolute Gasteiger partial charge is 0.489 e. The summed E-state index contributed by atoms with van der Waals surface area (Å²) in [7, 11) is 0.